The number of hydrogen-bond donors (Lipinski definition) is 1. The molecule has 1 aliphatic heterocycles. The van der Waals surface area contributed by atoms with E-state index in [0.29, 0.717) is 6.42 Å². The molecule has 0 atom stereocenters. The molecule has 2 heterocycles. The van der Waals surface area contributed by atoms with Crippen LogP contribution in [0, 0.1) is 11.8 Å². The second-order valence-electron chi connectivity index (χ2n) is 4.08. The van der Waals surface area contributed by atoms with Crippen molar-refractivity contribution >= 4 is 29.2 Å². The second kappa shape index (κ2) is 5.86. The van der Waals surface area contributed by atoms with Crippen molar-refractivity contribution in [1.82, 2.24) is 9.80 Å². The van der Waals surface area contributed by atoms with Crippen molar-refractivity contribution in [3.05, 3.63) is 21.9 Å². The van der Waals surface area contributed by atoms with Crippen molar-refractivity contribution in [3.63, 3.8) is 0 Å². The van der Waals surface area contributed by atoms with E-state index in [1.165, 1.54) is 18.4 Å². The highest BCUT2D eigenvalue weighted by Crippen LogP contribution is 2.20. The fourth-order valence-corrected chi connectivity index (χ4v) is 2.52. The Hall–Kier alpha value is -2.17. The first-order chi connectivity index (χ1) is 9.54. The first-order valence-electron chi connectivity index (χ1n) is 5.86. The molecule has 1 aliphatic rings. The minimum absolute atomic E-state index is 0.0104. The molecule has 1 fully saturated rings. The highest BCUT2D eigenvalue weighted by atomic mass is 32.1. The van der Waals surface area contributed by atoms with E-state index >= 15 is 0 Å². The number of thiophene rings is 1. The Labute approximate surface area is 119 Å². The predicted molar refractivity (Wildman–Crippen MR) is 71.6 cm³/mol. The number of urea groups is 1. The minimum atomic E-state index is -0.811. The van der Waals surface area contributed by atoms with E-state index < -0.39 is 17.8 Å². The third kappa shape index (κ3) is 2.71. The zero-order valence-electron chi connectivity index (χ0n) is 10.8. The Morgan fingerprint density at radius 2 is 2.00 bits per heavy atom. The largest absolute Gasteiger partial charge is 0.395 e. The monoisotopic (exact) mass is 292 g/mol. The molecular formula is C13H12N2O4S. The number of rotatable bonds is 3. The molecule has 7 heteroatoms. The molecule has 0 saturated carbocycles. The van der Waals surface area contributed by atoms with Crippen LogP contribution in [0.5, 0.6) is 0 Å². The Morgan fingerprint density at radius 1 is 1.25 bits per heavy atom. The molecule has 20 heavy (non-hydrogen) atoms. The van der Waals surface area contributed by atoms with Gasteiger partial charge in [0.25, 0.3) is 0 Å². The number of nitrogens with zero attached hydrogens (tertiary/aromatic N) is 2. The molecule has 6 nitrogen and oxygen atoms in total. The van der Waals surface area contributed by atoms with Gasteiger partial charge in [-0.2, -0.15) is 0 Å². The van der Waals surface area contributed by atoms with Gasteiger partial charge in [0, 0.05) is 18.3 Å². The first-order valence-corrected chi connectivity index (χ1v) is 6.68. The van der Waals surface area contributed by atoms with E-state index in [2.05, 4.69) is 11.8 Å². The average Bonchev–Trinajstić information content (AvgIpc) is 2.95. The number of aliphatic hydroxyl groups is 1. The smallest absolute Gasteiger partial charge is 0.334 e. The minimum Gasteiger partial charge on any atom is -0.395 e. The number of aliphatic hydroxyl groups excluding tert-OH is 1. The normalized spacial score (nSPS) is 14.8. The summed E-state index contributed by atoms with van der Waals surface area (Å²) in [4.78, 5) is 38.0. The molecule has 1 aromatic rings. The van der Waals surface area contributed by atoms with Gasteiger partial charge in [0.2, 0.25) is 0 Å². The lowest BCUT2D eigenvalue weighted by molar-refractivity contribution is -0.143. The van der Waals surface area contributed by atoms with Gasteiger partial charge in [0.1, 0.15) is 0 Å². The van der Waals surface area contributed by atoms with Crippen LogP contribution in [0.2, 0.25) is 0 Å². The Morgan fingerprint density at radius 3 is 2.60 bits per heavy atom. The Bertz CT molecular complexity index is 626. The van der Waals surface area contributed by atoms with E-state index in [-0.39, 0.29) is 13.2 Å². The molecule has 1 N–H and O–H groups in total. The fourth-order valence-electron chi connectivity index (χ4n) is 1.64. The molecule has 0 radical (unpaired) electrons. The summed E-state index contributed by atoms with van der Waals surface area (Å²) in [5.74, 6) is 4.05. The maximum Gasteiger partial charge on any atom is 0.334 e. The van der Waals surface area contributed by atoms with Crippen molar-refractivity contribution in [2.75, 3.05) is 13.7 Å². The lowest BCUT2D eigenvalue weighted by atomic mass is 10.4. The summed E-state index contributed by atoms with van der Waals surface area (Å²) in [6.45, 7) is 0.0799. The number of likely N-dealkylation sites (N-methyl/N-ethyl adjacent to an activating group) is 1. The van der Waals surface area contributed by atoms with Crippen molar-refractivity contribution in [3.8, 4) is 11.8 Å². The van der Waals surface area contributed by atoms with Gasteiger partial charge in [-0.1, -0.05) is 11.8 Å². The molecular weight excluding hydrogens is 280 g/mol. The van der Waals surface area contributed by atoms with Crippen LogP contribution in [0.25, 0.3) is 0 Å². The zero-order valence-corrected chi connectivity index (χ0v) is 11.6. The lowest BCUT2D eigenvalue weighted by Crippen LogP contribution is -2.30. The number of carbonyl (C=O) groups is 3. The number of imide groups is 2. The maximum atomic E-state index is 11.7. The maximum absolute atomic E-state index is 11.7. The topological polar surface area (TPSA) is 77.9 Å². The van der Waals surface area contributed by atoms with Gasteiger partial charge in [0.05, 0.1) is 18.0 Å². The van der Waals surface area contributed by atoms with E-state index in [1.807, 2.05) is 0 Å². The van der Waals surface area contributed by atoms with Gasteiger partial charge < -0.3 is 5.11 Å². The number of amides is 4. The molecule has 1 saturated heterocycles. The van der Waals surface area contributed by atoms with Crippen LogP contribution in [0.3, 0.4) is 0 Å². The molecule has 0 aliphatic carbocycles. The van der Waals surface area contributed by atoms with Gasteiger partial charge in [-0.3, -0.25) is 19.4 Å². The van der Waals surface area contributed by atoms with Gasteiger partial charge >= 0.3 is 17.8 Å². The summed E-state index contributed by atoms with van der Waals surface area (Å²) in [5.41, 5.74) is 0. The SMILES string of the molecule is CN1C(=O)C(=O)N(Cc2ccc(C#CCCO)s2)C1=O. The van der Waals surface area contributed by atoms with Crippen LogP contribution >= 0.6 is 11.3 Å². The van der Waals surface area contributed by atoms with Gasteiger partial charge in [-0.05, 0) is 12.1 Å². The van der Waals surface area contributed by atoms with Crippen LogP contribution < -0.4 is 0 Å². The molecule has 1 aromatic heterocycles. The molecule has 0 bridgehead atoms. The molecule has 0 aromatic carbocycles. The zero-order chi connectivity index (χ0) is 14.7. The van der Waals surface area contributed by atoms with Gasteiger partial charge in [0.15, 0.2) is 0 Å². The van der Waals surface area contributed by atoms with Crippen LogP contribution in [0.4, 0.5) is 4.79 Å². The predicted octanol–water partition coefficient (Wildman–Crippen LogP) is 0.403. The quantitative estimate of drug-likeness (QED) is 0.497. The van der Waals surface area contributed by atoms with Gasteiger partial charge in [-0.15, -0.1) is 11.3 Å². The molecule has 4 amide bonds. The van der Waals surface area contributed by atoms with E-state index in [9.17, 15) is 14.4 Å². The average molecular weight is 292 g/mol. The van der Waals surface area contributed by atoms with Crippen molar-refractivity contribution < 1.29 is 19.5 Å². The molecule has 104 valence electrons. The summed E-state index contributed by atoms with van der Waals surface area (Å²) in [6.07, 6.45) is 0.398. The summed E-state index contributed by atoms with van der Waals surface area (Å²) < 4.78 is 0. The number of carbonyl (C=O) groups excluding carboxylic acids is 3. The molecule has 0 unspecified atom stereocenters. The summed E-state index contributed by atoms with van der Waals surface area (Å²) >= 11 is 1.35. The highest BCUT2D eigenvalue weighted by molar-refractivity contribution is 7.12. The van der Waals surface area contributed by atoms with Crippen molar-refractivity contribution in [2.45, 2.75) is 13.0 Å². The van der Waals surface area contributed by atoms with Crippen LogP contribution in [0.15, 0.2) is 12.1 Å². The second-order valence-corrected chi connectivity index (χ2v) is 5.25. The van der Waals surface area contributed by atoms with Crippen molar-refractivity contribution in [2.24, 2.45) is 0 Å². The molecule has 2 rings (SSSR count). The summed E-state index contributed by atoms with van der Waals surface area (Å²) in [6, 6.07) is 2.93. The third-order valence-corrected chi connectivity index (χ3v) is 3.66. The fraction of sp³-hybridized carbons (Fsp3) is 0.308. The van der Waals surface area contributed by atoms with E-state index in [0.717, 1.165) is 19.6 Å². The summed E-state index contributed by atoms with van der Waals surface area (Å²) in [7, 11) is 1.28. The van der Waals surface area contributed by atoms with E-state index in [4.69, 9.17) is 5.11 Å². The Kier molecular flexibility index (Phi) is 4.17. The summed E-state index contributed by atoms with van der Waals surface area (Å²) in [5, 5.41) is 8.63. The van der Waals surface area contributed by atoms with Crippen molar-refractivity contribution in [1.29, 1.82) is 0 Å². The Balaban J connectivity index is 2.08. The van der Waals surface area contributed by atoms with Crippen LogP contribution in [-0.4, -0.2) is 46.4 Å². The van der Waals surface area contributed by atoms with Crippen LogP contribution in [-0.2, 0) is 16.1 Å². The standard InChI is InChI=1S/C13H12N2O4S/c1-14-11(17)12(18)15(13(14)19)8-10-6-5-9(20-10)4-2-3-7-16/h5-6,16H,3,7-8H2,1H3. The highest BCUT2D eigenvalue weighted by Gasteiger charge is 2.42. The lowest BCUT2D eigenvalue weighted by Gasteiger charge is -2.10. The first kappa shape index (κ1) is 14.2. The van der Waals surface area contributed by atoms with Gasteiger partial charge in [-0.25, -0.2) is 4.79 Å². The molecule has 0 spiro atoms. The number of hydrogen-bond acceptors (Lipinski definition) is 5. The van der Waals surface area contributed by atoms with Crippen LogP contribution in [0.1, 0.15) is 16.2 Å². The van der Waals surface area contributed by atoms with E-state index in [1.54, 1.807) is 12.1 Å². The third-order valence-electron chi connectivity index (χ3n) is 2.67.